The molecule has 3 rings (SSSR count). The molecule has 0 saturated heterocycles. The Morgan fingerprint density at radius 3 is 2.66 bits per heavy atom. The first-order valence-corrected chi connectivity index (χ1v) is 9.96. The van der Waals surface area contributed by atoms with Gasteiger partial charge in [0.2, 0.25) is 0 Å². The first-order valence-electron chi connectivity index (χ1n) is 8.26. The molecule has 0 aliphatic rings. The first-order chi connectivity index (χ1) is 13.9. The maximum atomic E-state index is 12.5. The first kappa shape index (κ1) is 20.4. The number of thiazole rings is 1. The summed E-state index contributed by atoms with van der Waals surface area (Å²) in [6.07, 6.45) is 1.31. The Labute approximate surface area is 173 Å². The predicted molar refractivity (Wildman–Crippen MR) is 112 cm³/mol. The van der Waals surface area contributed by atoms with Crippen molar-refractivity contribution in [3.8, 4) is 0 Å². The highest BCUT2D eigenvalue weighted by molar-refractivity contribution is 7.99. The van der Waals surface area contributed by atoms with Crippen LogP contribution in [0.5, 0.6) is 0 Å². The summed E-state index contributed by atoms with van der Waals surface area (Å²) in [5, 5.41) is 4.94. The average Bonchev–Trinajstić information content (AvgIpc) is 3.08. The topological polar surface area (TPSA) is 172 Å². The van der Waals surface area contributed by atoms with Gasteiger partial charge < -0.3 is 21.9 Å². The Bertz CT molecular complexity index is 1070. The van der Waals surface area contributed by atoms with Crippen molar-refractivity contribution in [1.29, 1.82) is 0 Å². The van der Waals surface area contributed by atoms with Gasteiger partial charge in [-0.05, 0) is 36.9 Å². The second-order valence-electron chi connectivity index (χ2n) is 5.55. The minimum Gasteiger partial charge on any atom is -0.462 e. The molecule has 0 fully saturated rings. The van der Waals surface area contributed by atoms with Crippen molar-refractivity contribution in [3.05, 3.63) is 40.9 Å². The van der Waals surface area contributed by atoms with Crippen LogP contribution in [0.3, 0.4) is 0 Å². The highest BCUT2D eigenvalue weighted by Crippen LogP contribution is 2.29. The Morgan fingerprint density at radius 2 is 2.00 bits per heavy atom. The lowest BCUT2D eigenvalue weighted by Crippen LogP contribution is -2.14. The zero-order valence-corrected chi connectivity index (χ0v) is 16.8. The molecule has 0 unspecified atom stereocenters. The molecular weight excluding hydrogens is 414 g/mol. The number of amides is 1. The second kappa shape index (κ2) is 8.75. The number of ether oxygens (including phenoxy) is 1. The number of hydrogen-bond acceptors (Lipinski definition) is 11. The van der Waals surface area contributed by atoms with Crippen LogP contribution in [-0.2, 0) is 4.74 Å². The zero-order valence-electron chi connectivity index (χ0n) is 15.2. The van der Waals surface area contributed by atoms with Gasteiger partial charge in [-0.3, -0.25) is 10.1 Å². The molecule has 29 heavy (non-hydrogen) atoms. The van der Waals surface area contributed by atoms with E-state index in [-0.39, 0.29) is 23.6 Å². The molecule has 10 nitrogen and oxygen atoms in total. The van der Waals surface area contributed by atoms with E-state index in [2.05, 4.69) is 20.3 Å². The quantitative estimate of drug-likeness (QED) is 0.257. The number of nitrogens with zero attached hydrogens (tertiary/aromatic N) is 3. The van der Waals surface area contributed by atoms with Gasteiger partial charge >= 0.3 is 5.97 Å². The maximum Gasteiger partial charge on any atom is 0.343 e. The number of nitrogen functional groups attached to an aromatic ring is 3. The summed E-state index contributed by atoms with van der Waals surface area (Å²) in [5.74, 6) is -0.674. The lowest BCUT2D eigenvalue weighted by Gasteiger charge is -2.09. The molecule has 2 heterocycles. The minimum atomic E-state index is -0.587. The standard InChI is InChI=1S/C17H17N7O3S2/c1-2-27-15(26)10-6-21-16(23-13(10)20)29-8-3-4-11(18)9(5-8)14(25)24-17-22-12(19)7-28-17/h3-7H,2,18-19H2,1H3,(H2,20,21,23)(H,22,24,25). The van der Waals surface area contributed by atoms with Gasteiger partial charge in [-0.15, -0.1) is 11.3 Å². The molecule has 0 bridgehead atoms. The van der Waals surface area contributed by atoms with Crippen LogP contribution in [0.1, 0.15) is 27.6 Å². The normalized spacial score (nSPS) is 10.5. The Hall–Kier alpha value is -3.38. The van der Waals surface area contributed by atoms with Crippen molar-refractivity contribution in [2.75, 3.05) is 29.1 Å². The van der Waals surface area contributed by atoms with Crippen LogP contribution >= 0.6 is 23.1 Å². The summed E-state index contributed by atoms with van der Waals surface area (Å²) in [6, 6.07) is 4.92. The van der Waals surface area contributed by atoms with Crippen molar-refractivity contribution < 1.29 is 14.3 Å². The summed E-state index contributed by atoms with van der Waals surface area (Å²) in [7, 11) is 0. The van der Waals surface area contributed by atoms with Crippen molar-refractivity contribution in [2.45, 2.75) is 17.0 Å². The number of hydrogen-bond donors (Lipinski definition) is 4. The van der Waals surface area contributed by atoms with E-state index < -0.39 is 11.9 Å². The Balaban J connectivity index is 1.78. The van der Waals surface area contributed by atoms with Crippen molar-refractivity contribution >= 4 is 57.4 Å². The van der Waals surface area contributed by atoms with E-state index >= 15 is 0 Å². The third-order valence-electron chi connectivity index (χ3n) is 3.51. The van der Waals surface area contributed by atoms with Gasteiger partial charge in [-0.1, -0.05) is 0 Å². The Kier molecular flexibility index (Phi) is 6.14. The molecule has 7 N–H and O–H groups in total. The molecule has 0 aliphatic heterocycles. The van der Waals surface area contributed by atoms with E-state index in [1.54, 1.807) is 30.5 Å². The third kappa shape index (κ3) is 4.92. The predicted octanol–water partition coefficient (Wildman–Crippen LogP) is 2.26. The molecule has 0 saturated carbocycles. The molecule has 1 aromatic carbocycles. The van der Waals surface area contributed by atoms with E-state index in [9.17, 15) is 9.59 Å². The summed E-state index contributed by atoms with van der Waals surface area (Å²) in [4.78, 5) is 37.2. The number of rotatable bonds is 6. The lowest BCUT2D eigenvalue weighted by atomic mass is 10.1. The number of nitrogens with two attached hydrogens (primary N) is 3. The zero-order chi connectivity index (χ0) is 21.0. The van der Waals surface area contributed by atoms with E-state index in [0.29, 0.717) is 26.7 Å². The SMILES string of the molecule is CCOC(=O)c1cnc(Sc2ccc(N)c(C(=O)Nc3nc(N)cs3)c2)nc1N. The van der Waals surface area contributed by atoms with Gasteiger partial charge in [-0.25, -0.2) is 19.7 Å². The highest BCUT2D eigenvalue weighted by atomic mass is 32.2. The fourth-order valence-electron chi connectivity index (χ4n) is 2.20. The molecule has 0 radical (unpaired) electrons. The van der Waals surface area contributed by atoms with Gasteiger partial charge in [0.1, 0.15) is 17.2 Å². The second-order valence-corrected chi connectivity index (χ2v) is 7.45. The van der Waals surface area contributed by atoms with Crippen molar-refractivity contribution in [3.63, 3.8) is 0 Å². The van der Waals surface area contributed by atoms with Crippen molar-refractivity contribution in [1.82, 2.24) is 15.0 Å². The van der Waals surface area contributed by atoms with Gasteiger partial charge in [0, 0.05) is 22.2 Å². The lowest BCUT2D eigenvalue weighted by molar-refractivity contribution is 0.0526. The van der Waals surface area contributed by atoms with Crippen LogP contribution in [0.4, 0.5) is 22.5 Å². The number of anilines is 4. The van der Waals surface area contributed by atoms with Crippen LogP contribution in [0.15, 0.2) is 39.8 Å². The molecular formula is C17H17N7O3S2. The number of carbonyl (C=O) groups is 2. The molecule has 0 spiro atoms. The summed E-state index contributed by atoms with van der Waals surface area (Å²) in [6.45, 7) is 1.91. The van der Waals surface area contributed by atoms with E-state index in [1.807, 2.05) is 0 Å². The minimum absolute atomic E-state index is 0.00993. The molecule has 0 atom stereocenters. The van der Waals surface area contributed by atoms with Crippen LogP contribution in [0.25, 0.3) is 0 Å². The summed E-state index contributed by atoms with van der Waals surface area (Å²) < 4.78 is 4.90. The molecule has 2 aromatic heterocycles. The molecule has 150 valence electrons. The summed E-state index contributed by atoms with van der Waals surface area (Å²) >= 11 is 2.37. The van der Waals surface area contributed by atoms with Crippen molar-refractivity contribution in [2.24, 2.45) is 0 Å². The number of carbonyl (C=O) groups excluding carboxylic acids is 2. The number of esters is 1. The smallest absolute Gasteiger partial charge is 0.343 e. The van der Waals surface area contributed by atoms with Crippen LogP contribution in [0, 0.1) is 0 Å². The molecule has 1 amide bonds. The average molecular weight is 432 g/mol. The van der Waals surface area contributed by atoms with Gasteiger partial charge in [0.25, 0.3) is 5.91 Å². The van der Waals surface area contributed by atoms with Crippen LogP contribution in [-0.4, -0.2) is 33.4 Å². The Morgan fingerprint density at radius 1 is 1.21 bits per heavy atom. The van der Waals surface area contributed by atoms with Gasteiger partial charge in [0.05, 0.1) is 12.2 Å². The summed E-state index contributed by atoms with van der Waals surface area (Å²) in [5.41, 5.74) is 18.0. The maximum absolute atomic E-state index is 12.5. The van der Waals surface area contributed by atoms with E-state index in [4.69, 9.17) is 21.9 Å². The largest absolute Gasteiger partial charge is 0.462 e. The highest BCUT2D eigenvalue weighted by Gasteiger charge is 2.16. The van der Waals surface area contributed by atoms with Crippen LogP contribution < -0.4 is 22.5 Å². The number of nitrogens with one attached hydrogen (secondary N) is 1. The fourth-order valence-corrected chi connectivity index (χ4v) is 3.57. The third-order valence-corrected chi connectivity index (χ3v) is 5.16. The number of aromatic nitrogens is 3. The molecule has 0 aliphatic carbocycles. The van der Waals surface area contributed by atoms with Crippen LogP contribution in [0.2, 0.25) is 0 Å². The molecule has 3 aromatic rings. The molecule has 12 heteroatoms. The number of benzene rings is 1. The monoisotopic (exact) mass is 431 g/mol. The van der Waals surface area contributed by atoms with E-state index in [1.165, 1.54) is 17.5 Å². The van der Waals surface area contributed by atoms with Gasteiger partial charge in [0.15, 0.2) is 10.3 Å². The van der Waals surface area contributed by atoms with Gasteiger partial charge in [-0.2, -0.15) is 0 Å². The van der Waals surface area contributed by atoms with E-state index in [0.717, 1.165) is 11.8 Å². The fraction of sp³-hybridized carbons (Fsp3) is 0.118.